The lowest BCUT2D eigenvalue weighted by atomic mass is 10.1. The molecule has 0 spiro atoms. The van der Waals surface area contributed by atoms with Crippen LogP contribution in [0.3, 0.4) is 0 Å². The van der Waals surface area contributed by atoms with Crippen LogP contribution in [0.15, 0.2) is 49.2 Å². The van der Waals surface area contributed by atoms with Crippen molar-refractivity contribution in [3.05, 3.63) is 60.4 Å². The maximum absolute atomic E-state index is 13.3. The van der Waals surface area contributed by atoms with Gasteiger partial charge in [-0.15, -0.1) is 0 Å². The molecule has 38 heavy (non-hydrogen) atoms. The summed E-state index contributed by atoms with van der Waals surface area (Å²) >= 11 is 0. The molecule has 0 amide bonds. The van der Waals surface area contributed by atoms with Crippen LogP contribution >= 0.6 is 0 Å². The van der Waals surface area contributed by atoms with Gasteiger partial charge in [0.25, 0.3) is 0 Å². The Balaban J connectivity index is 1.47. The summed E-state index contributed by atoms with van der Waals surface area (Å²) in [6, 6.07) is 6.97. The highest BCUT2D eigenvalue weighted by molar-refractivity contribution is 5.78. The summed E-state index contributed by atoms with van der Waals surface area (Å²) in [4.78, 5) is 21.2. The number of aromatic nitrogens is 8. The molecule has 0 bridgehead atoms. The van der Waals surface area contributed by atoms with E-state index in [0.29, 0.717) is 29.1 Å². The highest BCUT2D eigenvalue weighted by Gasteiger charge is 2.35. The van der Waals surface area contributed by atoms with Crippen molar-refractivity contribution in [3.63, 3.8) is 0 Å². The molecule has 1 aromatic carbocycles. The lowest BCUT2D eigenvalue weighted by Crippen LogP contribution is -2.05. The van der Waals surface area contributed by atoms with E-state index in [1.165, 1.54) is 25.1 Å². The van der Waals surface area contributed by atoms with Gasteiger partial charge in [0.15, 0.2) is 17.2 Å². The zero-order valence-corrected chi connectivity index (χ0v) is 20.9. The molecule has 10 nitrogen and oxygen atoms in total. The number of imidazole rings is 1. The fourth-order valence-corrected chi connectivity index (χ4v) is 4.03. The lowest BCUT2D eigenvalue weighted by molar-refractivity contribution is -0.140. The largest absolute Gasteiger partial charge is 0.480 e. The minimum atomic E-state index is -4.52. The highest BCUT2D eigenvalue weighted by atomic mass is 19.4. The van der Waals surface area contributed by atoms with E-state index < -0.39 is 11.9 Å². The van der Waals surface area contributed by atoms with Crippen LogP contribution < -0.4 is 9.47 Å². The van der Waals surface area contributed by atoms with Crippen molar-refractivity contribution >= 4 is 11.0 Å². The van der Waals surface area contributed by atoms with E-state index >= 15 is 0 Å². The van der Waals surface area contributed by atoms with Gasteiger partial charge in [-0.3, -0.25) is 0 Å². The van der Waals surface area contributed by atoms with Gasteiger partial charge in [-0.2, -0.15) is 18.3 Å². The average Bonchev–Trinajstić information content (AvgIpc) is 3.53. The first kappa shape index (κ1) is 25.1. The number of fused-ring (bicyclic) bond motifs is 1. The molecule has 5 rings (SSSR count). The quantitative estimate of drug-likeness (QED) is 0.299. The van der Waals surface area contributed by atoms with Crippen molar-refractivity contribution < 1.29 is 22.6 Å². The summed E-state index contributed by atoms with van der Waals surface area (Å²) in [7, 11) is 2.96. The second-order valence-corrected chi connectivity index (χ2v) is 8.69. The summed E-state index contributed by atoms with van der Waals surface area (Å²) in [6.45, 7) is 3.99. The third kappa shape index (κ3) is 4.62. The zero-order valence-electron chi connectivity index (χ0n) is 20.9. The topological polar surface area (TPSA) is 106 Å². The lowest BCUT2D eigenvalue weighted by Gasteiger charge is -2.12. The number of nitrogens with zero attached hydrogens (tertiary/aromatic N) is 8. The van der Waals surface area contributed by atoms with Gasteiger partial charge < -0.3 is 14.0 Å². The number of hydrogen-bond donors (Lipinski definition) is 0. The molecule has 0 aliphatic carbocycles. The van der Waals surface area contributed by atoms with Crippen molar-refractivity contribution in [1.82, 2.24) is 39.3 Å². The van der Waals surface area contributed by atoms with Crippen LogP contribution in [0.25, 0.3) is 33.8 Å². The summed E-state index contributed by atoms with van der Waals surface area (Å²) in [6.07, 6.45) is 1.15. The number of ether oxygens (including phenoxy) is 2. The van der Waals surface area contributed by atoms with Gasteiger partial charge in [-0.05, 0) is 19.4 Å². The van der Waals surface area contributed by atoms with Gasteiger partial charge in [0.05, 0.1) is 32.3 Å². The average molecular weight is 525 g/mol. The van der Waals surface area contributed by atoms with Crippen molar-refractivity contribution in [2.45, 2.75) is 32.6 Å². The number of halogens is 3. The Kier molecular flexibility index (Phi) is 6.43. The van der Waals surface area contributed by atoms with E-state index in [1.54, 1.807) is 29.2 Å². The highest BCUT2D eigenvalue weighted by Crippen LogP contribution is 2.34. The van der Waals surface area contributed by atoms with Gasteiger partial charge in [-0.25, -0.2) is 29.6 Å². The van der Waals surface area contributed by atoms with Crippen LogP contribution in [-0.4, -0.2) is 53.5 Å². The van der Waals surface area contributed by atoms with Crippen LogP contribution in [0, 0.1) is 0 Å². The first-order valence-corrected chi connectivity index (χ1v) is 11.6. The molecule has 0 N–H and O–H groups in total. The smallest absolute Gasteiger partial charge is 0.434 e. The van der Waals surface area contributed by atoms with Gasteiger partial charge >= 0.3 is 6.18 Å². The van der Waals surface area contributed by atoms with E-state index in [9.17, 15) is 13.2 Å². The van der Waals surface area contributed by atoms with Crippen molar-refractivity contribution in [1.29, 1.82) is 0 Å². The van der Waals surface area contributed by atoms with Gasteiger partial charge in [0.1, 0.15) is 17.7 Å². The summed E-state index contributed by atoms with van der Waals surface area (Å²) in [5.74, 6) is 1.11. The van der Waals surface area contributed by atoms with E-state index in [-0.39, 0.29) is 23.6 Å². The molecule has 4 aromatic heterocycles. The number of hydrogen-bond acceptors (Lipinski definition) is 8. The second-order valence-electron chi connectivity index (χ2n) is 8.69. The number of benzene rings is 1. The fraction of sp³-hybridized carbons (Fsp3) is 0.280. The molecule has 0 atom stereocenters. The molecule has 0 saturated heterocycles. The molecule has 0 radical (unpaired) electrons. The Labute approximate surface area is 215 Å². The minimum Gasteiger partial charge on any atom is -0.480 e. The molecule has 0 aliphatic heterocycles. The first-order chi connectivity index (χ1) is 18.2. The van der Waals surface area contributed by atoms with Crippen LogP contribution in [0.5, 0.6) is 11.8 Å². The van der Waals surface area contributed by atoms with Crippen LogP contribution in [-0.2, 0) is 12.7 Å². The minimum absolute atomic E-state index is 0.190. The van der Waals surface area contributed by atoms with Crippen molar-refractivity contribution in [3.8, 4) is 34.5 Å². The number of rotatable bonds is 7. The molecule has 0 fully saturated rings. The van der Waals surface area contributed by atoms with E-state index in [4.69, 9.17) is 9.47 Å². The van der Waals surface area contributed by atoms with Gasteiger partial charge in [0, 0.05) is 24.0 Å². The molecular formula is C25H23F3N8O2. The van der Waals surface area contributed by atoms with Crippen LogP contribution in [0.4, 0.5) is 13.2 Å². The molecule has 0 saturated carbocycles. The molecule has 0 unspecified atom stereocenters. The van der Waals surface area contributed by atoms with E-state index in [1.807, 2.05) is 26.0 Å². The van der Waals surface area contributed by atoms with Crippen LogP contribution in [0.1, 0.15) is 31.1 Å². The predicted octanol–water partition coefficient (Wildman–Crippen LogP) is 4.81. The van der Waals surface area contributed by atoms with Crippen molar-refractivity contribution in [2.24, 2.45) is 0 Å². The van der Waals surface area contributed by atoms with E-state index in [0.717, 1.165) is 17.1 Å². The van der Waals surface area contributed by atoms with Gasteiger partial charge in [0.2, 0.25) is 11.8 Å². The SMILES string of the molecule is COc1ncnc(OC)c1-c1ncc2cnn(Cc3ccc(-c4nc(C(F)(F)F)cn4C(C)C)cc3)c2n1. The van der Waals surface area contributed by atoms with E-state index in [2.05, 4.69) is 30.0 Å². The third-order valence-corrected chi connectivity index (χ3v) is 5.89. The Morgan fingerprint density at radius 2 is 1.61 bits per heavy atom. The predicted molar refractivity (Wildman–Crippen MR) is 132 cm³/mol. The molecule has 4 heterocycles. The Bertz CT molecular complexity index is 1570. The van der Waals surface area contributed by atoms with Crippen LogP contribution in [0.2, 0.25) is 0 Å². The Morgan fingerprint density at radius 1 is 0.921 bits per heavy atom. The summed E-state index contributed by atoms with van der Waals surface area (Å²) in [5, 5.41) is 5.16. The second kappa shape index (κ2) is 9.72. The van der Waals surface area contributed by atoms with Gasteiger partial charge in [-0.1, -0.05) is 24.3 Å². The summed E-state index contributed by atoms with van der Waals surface area (Å²) < 4.78 is 53.7. The van der Waals surface area contributed by atoms with Crippen molar-refractivity contribution in [2.75, 3.05) is 14.2 Å². The fourth-order valence-electron chi connectivity index (χ4n) is 4.03. The normalized spacial score (nSPS) is 11.9. The maximum Gasteiger partial charge on any atom is 0.434 e. The molecule has 0 aliphatic rings. The zero-order chi connectivity index (χ0) is 27.0. The molecule has 13 heteroatoms. The Morgan fingerprint density at radius 3 is 2.21 bits per heavy atom. The first-order valence-electron chi connectivity index (χ1n) is 11.6. The standard InChI is InChI=1S/C25H23F3N8O2/c1-14(2)35-12-18(25(26,27)28)33-21(35)16-7-5-15(6-8-16)11-36-22-17(10-32-36)9-29-20(34-22)19-23(37-3)30-13-31-24(19)38-4/h5-10,12-14H,11H2,1-4H3. The number of alkyl halides is 3. The number of methoxy groups -OCH3 is 2. The Hall–Kier alpha value is -4.55. The monoisotopic (exact) mass is 524 g/mol. The third-order valence-electron chi connectivity index (χ3n) is 5.89. The summed E-state index contributed by atoms with van der Waals surface area (Å²) in [5.41, 5.74) is 1.51. The maximum atomic E-state index is 13.3. The molecule has 5 aromatic rings. The molecular weight excluding hydrogens is 501 g/mol. The molecule has 196 valence electrons.